The van der Waals surface area contributed by atoms with Crippen LogP contribution in [0.25, 0.3) is 0 Å². The first kappa shape index (κ1) is 13.2. The van der Waals surface area contributed by atoms with E-state index in [9.17, 15) is 4.21 Å². The zero-order valence-electron chi connectivity index (χ0n) is 10.5. The van der Waals surface area contributed by atoms with Crippen LogP contribution >= 0.6 is 11.3 Å². The van der Waals surface area contributed by atoms with E-state index in [0.29, 0.717) is 17.2 Å². The van der Waals surface area contributed by atoms with Gasteiger partial charge in [-0.05, 0) is 43.2 Å². The summed E-state index contributed by atoms with van der Waals surface area (Å²) in [6.45, 7) is 5.51. The summed E-state index contributed by atoms with van der Waals surface area (Å²) >= 11 is 1.62. The Morgan fingerprint density at radius 2 is 2.35 bits per heavy atom. The van der Waals surface area contributed by atoms with Gasteiger partial charge in [-0.3, -0.25) is 4.21 Å². The van der Waals surface area contributed by atoms with Crippen LogP contribution in [0.5, 0.6) is 0 Å². The molecule has 0 bridgehead atoms. The maximum atomic E-state index is 12.4. The van der Waals surface area contributed by atoms with E-state index in [4.69, 9.17) is 0 Å². The molecule has 0 radical (unpaired) electrons. The van der Waals surface area contributed by atoms with Crippen LogP contribution in [0.4, 0.5) is 0 Å². The molecule has 0 spiro atoms. The molecule has 0 saturated heterocycles. The van der Waals surface area contributed by atoms with Gasteiger partial charge >= 0.3 is 0 Å². The molecule has 4 unspecified atom stereocenters. The number of nitrogens with one attached hydrogen (secondary N) is 1. The number of rotatable bonds is 5. The van der Waals surface area contributed by atoms with Crippen molar-refractivity contribution >= 4 is 22.1 Å². The van der Waals surface area contributed by atoms with Crippen molar-refractivity contribution in [2.75, 3.05) is 6.54 Å². The lowest BCUT2D eigenvalue weighted by Crippen LogP contribution is -2.35. The van der Waals surface area contributed by atoms with E-state index in [-0.39, 0.29) is 0 Å². The predicted molar refractivity (Wildman–Crippen MR) is 75.0 cm³/mol. The lowest BCUT2D eigenvalue weighted by molar-refractivity contribution is 0.429. The van der Waals surface area contributed by atoms with E-state index in [1.807, 2.05) is 17.5 Å². The molecule has 1 aliphatic carbocycles. The summed E-state index contributed by atoms with van der Waals surface area (Å²) in [6, 6.07) is 4.55. The van der Waals surface area contributed by atoms with Gasteiger partial charge in [0.2, 0.25) is 0 Å². The normalized spacial score (nSPS) is 30.6. The zero-order valence-corrected chi connectivity index (χ0v) is 12.2. The lowest BCUT2D eigenvalue weighted by atomic mass is 10.1. The monoisotopic (exact) mass is 271 g/mol. The van der Waals surface area contributed by atoms with Gasteiger partial charge in [0.25, 0.3) is 0 Å². The van der Waals surface area contributed by atoms with Gasteiger partial charge < -0.3 is 5.32 Å². The van der Waals surface area contributed by atoms with Crippen molar-refractivity contribution in [3.05, 3.63) is 17.5 Å². The molecular weight excluding hydrogens is 250 g/mol. The number of thiophene rings is 1. The second kappa shape index (κ2) is 6.12. The van der Waals surface area contributed by atoms with Crippen LogP contribution in [0.1, 0.15) is 33.1 Å². The van der Waals surface area contributed by atoms with E-state index < -0.39 is 10.8 Å². The summed E-state index contributed by atoms with van der Waals surface area (Å²) in [7, 11) is -0.805. The Bertz CT molecular complexity index is 364. The number of hydrogen-bond acceptors (Lipinski definition) is 3. The summed E-state index contributed by atoms with van der Waals surface area (Å²) in [4.78, 5) is 0. The van der Waals surface area contributed by atoms with Gasteiger partial charge in [0.1, 0.15) is 0 Å². The Balaban J connectivity index is 1.97. The van der Waals surface area contributed by atoms with Crippen molar-refractivity contribution in [3.8, 4) is 0 Å². The van der Waals surface area contributed by atoms with Crippen LogP contribution in [0.15, 0.2) is 21.7 Å². The molecule has 17 heavy (non-hydrogen) atoms. The van der Waals surface area contributed by atoms with Crippen LogP contribution in [0, 0.1) is 5.92 Å². The molecule has 4 atom stereocenters. The fourth-order valence-electron chi connectivity index (χ4n) is 2.58. The minimum atomic E-state index is -0.805. The average Bonchev–Trinajstić information content (AvgIpc) is 2.95. The molecule has 1 heterocycles. The second-order valence-corrected chi connectivity index (χ2v) is 7.61. The molecule has 1 saturated carbocycles. The van der Waals surface area contributed by atoms with E-state index in [1.165, 1.54) is 12.8 Å². The van der Waals surface area contributed by atoms with E-state index >= 15 is 0 Å². The highest BCUT2D eigenvalue weighted by Gasteiger charge is 2.36. The van der Waals surface area contributed by atoms with Crippen LogP contribution in [-0.2, 0) is 10.8 Å². The van der Waals surface area contributed by atoms with E-state index in [2.05, 4.69) is 19.2 Å². The third kappa shape index (κ3) is 2.98. The first-order chi connectivity index (χ1) is 8.24. The first-order valence-corrected chi connectivity index (χ1v) is 8.50. The Kier molecular flexibility index (Phi) is 4.77. The maximum Gasteiger partial charge on any atom is 0.0913 e. The molecule has 1 aliphatic rings. The largest absolute Gasteiger partial charge is 0.314 e. The highest BCUT2D eigenvalue weighted by molar-refractivity contribution is 7.87. The molecule has 2 nitrogen and oxygen atoms in total. The summed E-state index contributed by atoms with van der Waals surface area (Å²) < 4.78 is 13.5. The summed E-state index contributed by atoms with van der Waals surface area (Å²) in [5.41, 5.74) is 0. The molecule has 2 rings (SSSR count). The average molecular weight is 271 g/mol. The highest BCUT2D eigenvalue weighted by atomic mass is 32.2. The topological polar surface area (TPSA) is 29.1 Å². The van der Waals surface area contributed by atoms with Crippen molar-refractivity contribution < 1.29 is 4.21 Å². The second-order valence-electron chi connectivity index (χ2n) is 4.77. The van der Waals surface area contributed by atoms with Crippen molar-refractivity contribution in [2.45, 2.75) is 48.6 Å². The Labute approximate surface area is 110 Å². The van der Waals surface area contributed by atoms with E-state index in [0.717, 1.165) is 17.2 Å². The molecule has 0 aromatic carbocycles. The van der Waals surface area contributed by atoms with Gasteiger partial charge in [-0.15, -0.1) is 11.3 Å². The predicted octanol–water partition coefficient (Wildman–Crippen LogP) is 3.02. The third-order valence-corrected chi connectivity index (χ3v) is 6.80. The molecule has 0 aliphatic heterocycles. The highest BCUT2D eigenvalue weighted by Crippen LogP contribution is 2.33. The van der Waals surface area contributed by atoms with Gasteiger partial charge in [0, 0.05) is 11.3 Å². The molecular formula is C13H21NOS2. The lowest BCUT2D eigenvalue weighted by Gasteiger charge is -2.20. The van der Waals surface area contributed by atoms with Crippen molar-refractivity contribution in [1.82, 2.24) is 5.32 Å². The summed E-state index contributed by atoms with van der Waals surface area (Å²) in [5, 5.41) is 5.93. The zero-order chi connectivity index (χ0) is 12.3. The molecule has 1 N–H and O–H groups in total. The molecule has 4 heteroatoms. The minimum absolute atomic E-state index is 0.336. The molecule has 0 amide bonds. The molecule has 1 aromatic rings. The van der Waals surface area contributed by atoms with Gasteiger partial charge in [-0.2, -0.15) is 0 Å². The van der Waals surface area contributed by atoms with Gasteiger partial charge in [0.05, 0.1) is 15.0 Å². The Hall–Kier alpha value is -0.190. The number of hydrogen-bond donors (Lipinski definition) is 1. The SMILES string of the molecule is CCCNC1CCC(S(=O)c2cccs2)C1C. The van der Waals surface area contributed by atoms with Gasteiger partial charge in [0.15, 0.2) is 0 Å². The molecule has 1 fully saturated rings. The smallest absolute Gasteiger partial charge is 0.0913 e. The van der Waals surface area contributed by atoms with Crippen molar-refractivity contribution in [1.29, 1.82) is 0 Å². The fourth-order valence-corrected chi connectivity index (χ4v) is 5.38. The van der Waals surface area contributed by atoms with Gasteiger partial charge in [-0.25, -0.2) is 0 Å². The van der Waals surface area contributed by atoms with Crippen LogP contribution in [0.3, 0.4) is 0 Å². The Morgan fingerprint density at radius 1 is 1.53 bits per heavy atom. The van der Waals surface area contributed by atoms with Crippen LogP contribution in [-0.4, -0.2) is 22.0 Å². The minimum Gasteiger partial charge on any atom is -0.314 e. The van der Waals surface area contributed by atoms with Crippen LogP contribution < -0.4 is 5.32 Å². The summed E-state index contributed by atoms with van der Waals surface area (Å²) in [5.74, 6) is 0.518. The molecule has 96 valence electrons. The maximum absolute atomic E-state index is 12.4. The third-order valence-electron chi connectivity index (χ3n) is 3.61. The molecule has 1 aromatic heterocycles. The Morgan fingerprint density at radius 3 is 3.00 bits per heavy atom. The van der Waals surface area contributed by atoms with Gasteiger partial charge in [-0.1, -0.05) is 19.9 Å². The first-order valence-electron chi connectivity index (χ1n) is 6.41. The quantitative estimate of drug-likeness (QED) is 0.892. The summed E-state index contributed by atoms with van der Waals surface area (Å²) in [6.07, 6.45) is 3.43. The van der Waals surface area contributed by atoms with Crippen molar-refractivity contribution in [2.24, 2.45) is 5.92 Å². The fraction of sp³-hybridized carbons (Fsp3) is 0.692. The van der Waals surface area contributed by atoms with E-state index in [1.54, 1.807) is 11.3 Å². The standard InChI is InChI=1S/C13H21NOS2/c1-3-8-14-11-6-7-12(10(11)2)17(15)13-5-4-9-16-13/h4-5,9-12,14H,3,6-8H2,1-2H3. The van der Waals surface area contributed by atoms with Crippen molar-refractivity contribution in [3.63, 3.8) is 0 Å². The van der Waals surface area contributed by atoms with Crippen LogP contribution in [0.2, 0.25) is 0 Å².